The first-order valence-electron chi connectivity index (χ1n) is 51.1. The van der Waals surface area contributed by atoms with Gasteiger partial charge in [0.2, 0.25) is 0 Å². The molecular formula is C108H184MoN4S8. The van der Waals surface area contributed by atoms with Gasteiger partial charge in [0.25, 0.3) is 0 Å². The molecule has 0 spiro atoms. The number of anilines is 4. The number of benzene rings is 4. The van der Waals surface area contributed by atoms with Crippen molar-refractivity contribution in [3.05, 3.63) is 117 Å². The van der Waals surface area contributed by atoms with Crippen LogP contribution >= 0.6 is 48.9 Å². The first-order valence-corrected chi connectivity index (χ1v) is 54.4. The zero-order valence-electron chi connectivity index (χ0n) is 79.5. The SMILES string of the molecule is CCCCCCCCCCc1cccc(NC(=S)[S-])c1CCCCCCCCCC.CCCCCCCCCCc1cccc(NC(=S)[S-])c1CCCCCCCCCC.CCCCCCCCCCc1cccc(NC(=S)[S-])c1CCCCCCCCCC.CCCCCCCCCCc1cccc(NC(=S)[S-])c1CCCCCCCCCC.[Mo+4]. The van der Waals surface area contributed by atoms with Crippen LogP contribution in [0.25, 0.3) is 0 Å². The number of aryl methyl sites for hydroxylation is 4. The molecule has 4 N–H and O–H groups in total. The van der Waals surface area contributed by atoms with E-state index in [1.807, 2.05) is 0 Å². The van der Waals surface area contributed by atoms with Crippen molar-refractivity contribution in [2.24, 2.45) is 0 Å². The molecule has 4 aromatic carbocycles. The molecule has 4 aromatic rings. The van der Waals surface area contributed by atoms with Gasteiger partial charge in [0.15, 0.2) is 0 Å². The summed E-state index contributed by atoms with van der Waals surface area (Å²) >= 11 is 41.2. The van der Waals surface area contributed by atoms with Crippen LogP contribution in [0, 0.1) is 0 Å². The second kappa shape index (κ2) is 90.0. The normalized spacial score (nSPS) is 10.9. The zero-order valence-corrected chi connectivity index (χ0v) is 88.1. The van der Waals surface area contributed by atoms with Crippen molar-refractivity contribution in [1.82, 2.24) is 0 Å². The van der Waals surface area contributed by atoms with Gasteiger partial charge in [0.05, 0.1) is 0 Å². The summed E-state index contributed by atoms with van der Waals surface area (Å²) in [5, 5.41) is 13.1. The van der Waals surface area contributed by atoms with E-state index in [2.05, 4.69) is 149 Å². The largest absolute Gasteiger partial charge is 4.00 e. The predicted molar refractivity (Wildman–Crippen MR) is 571 cm³/mol. The minimum absolute atomic E-state index is 0. The first-order chi connectivity index (χ1) is 58.7. The van der Waals surface area contributed by atoms with Gasteiger partial charge >= 0.3 is 21.1 Å². The molecule has 0 radical (unpaired) electrons. The molecule has 13 heteroatoms. The molecule has 0 saturated carbocycles. The van der Waals surface area contributed by atoms with Gasteiger partial charge in [-0.1, -0.05) is 481 Å². The van der Waals surface area contributed by atoms with Gasteiger partial charge < -0.3 is 121 Å². The minimum atomic E-state index is 0. The van der Waals surface area contributed by atoms with Crippen molar-refractivity contribution in [2.45, 2.75) is 518 Å². The second-order valence-electron chi connectivity index (χ2n) is 35.2. The van der Waals surface area contributed by atoms with E-state index < -0.39 is 0 Å². The van der Waals surface area contributed by atoms with Crippen molar-refractivity contribution in [3.63, 3.8) is 0 Å². The van der Waals surface area contributed by atoms with E-state index in [4.69, 9.17) is 99.4 Å². The predicted octanol–water partition coefficient (Wildman–Crippen LogP) is 37.2. The van der Waals surface area contributed by atoms with Crippen LogP contribution in [0.15, 0.2) is 72.8 Å². The van der Waals surface area contributed by atoms with Crippen LogP contribution in [0.5, 0.6) is 0 Å². The molecule has 0 heterocycles. The van der Waals surface area contributed by atoms with Crippen molar-refractivity contribution < 1.29 is 21.1 Å². The topological polar surface area (TPSA) is 48.1 Å². The monoisotopic (exact) mass is 1890 g/mol. The van der Waals surface area contributed by atoms with Crippen molar-refractivity contribution in [2.75, 3.05) is 21.3 Å². The fourth-order valence-corrected chi connectivity index (χ4v) is 18.0. The van der Waals surface area contributed by atoms with Crippen LogP contribution in [-0.2, 0) is 123 Å². The Hall–Kier alpha value is -1.99. The van der Waals surface area contributed by atoms with Crippen LogP contribution in [-0.4, -0.2) is 17.3 Å². The van der Waals surface area contributed by atoms with Gasteiger partial charge in [-0.2, -0.15) is 0 Å². The first kappa shape index (κ1) is 119. The second-order valence-corrected chi connectivity index (χ2v) is 39.5. The average molecular weight is 1890 g/mol. The van der Waals surface area contributed by atoms with Crippen LogP contribution < -0.4 is 21.3 Å². The number of hydrogen-bond acceptors (Lipinski definition) is 8. The molecule has 0 aliphatic rings. The number of rotatable bonds is 76. The van der Waals surface area contributed by atoms with Gasteiger partial charge in [-0.3, -0.25) is 0 Å². The molecule has 0 aromatic heterocycles. The van der Waals surface area contributed by atoms with E-state index >= 15 is 0 Å². The molecular weight excluding hydrogens is 1710 g/mol. The standard InChI is InChI=1S/4C27H47NS2.Mo/c4*1-3-5-7-9-11-13-15-17-20-24-21-19-23-26(28-27(29)30)25(24)22-18-16-14-12-10-8-6-4-2;/h4*19,21,23H,3-18,20,22H2,1-2H3,(H2,28,29,30);/q;;;;+4/p-4. The Kier molecular flexibility index (Phi) is 88.5. The van der Waals surface area contributed by atoms with Gasteiger partial charge in [-0.15, -0.1) is 0 Å². The smallest absolute Gasteiger partial charge is 0.411 e. The third-order valence-corrected chi connectivity index (χ3v) is 25.2. The van der Waals surface area contributed by atoms with Gasteiger partial charge in [0, 0.05) is 22.7 Å². The van der Waals surface area contributed by atoms with Gasteiger partial charge in [-0.05, 0) is 172 Å². The summed E-state index contributed by atoms with van der Waals surface area (Å²) in [7, 11) is 0. The summed E-state index contributed by atoms with van der Waals surface area (Å²) in [6, 6.07) is 26.5. The molecule has 0 amide bonds. The summed E-state index contributed by atoms with van der Waals surface area (Å²) in [5.41, 5.74) is 16.4. The van der Waals surface area contributed by atoms with E-state index in [1.165, 1.54) is 481 Å². The fourth-order valence-electron chi connectivity index (χ4n) is 17.1. The Balaban J connectivity index is 0.00000158. The molecule has 121 heavy (non-hydrogen) atoms. The van der Waals surface area contributed by atoms with Crippen molar-refractivity contribution in [1.29, 1.82) is 0 Å². The Morgan fingerprint density at radius 3 is 0.421 bits per heavy atom. The zero-order chi connectivity index (χ0) is 87.5. The minimum Gasteiger partial charge on any atom is -0.411 e. The maximum absolute atomic E-state index is 5.15. The molecule has 0 aliphatic heterocycles. The van der Waals surface area contributed by atoms with E-state index in [9.17, 15) is 0 Å². The van der Waals surface area contributed by atoms with Crippen LogP contribution in [0.1, 0.15) is 511 Å². The molecule has 0 unspecified atom stereocenters. The van der Waals surface area contributed by atoms with E-state index in [0.29, 0.717) is 17.3 Å². The molecule has 0 saturated heterocycles. The van der Waals surface area contributed by atoms with Crippen molar-refractivity contribution in [3.8, 4) is 0 Å². The molecule has 0 fully saturated rings. The maximum Gasteiger partial charge on any atom is 4.00 e. The Labute approximate surface area is 809 Å². The number of unbranched alkanes of at least 4 members (excludes halogenated alkanes) is 56. The third-order valence-electron chi connectivity index (χ3n) is 24.4. The summed E-state index contributed by atoms with van der Waals surface area (Å²) in [4.78, 5) is 0. The summed E-state index contributed by atoms with van der Waals surface area (Å²) < 4.78 is 1.82. The maximum atomic E-state index is 5.15. The molecule has 0 aliphatic carbocycles. The van der Waals surface area contributed by atoms with E-state index in [-0.39, 0.29) is 21.1 Å². The number of hydrogen-bond donors (Lipinski definition) is 4. The number of thiocarbonyl (C=S) groups is 4. The van der Waals surface area contributed by atoms with Crippen LogP contribution in [0.2, 0.25) is 0 Å². The molecule has 0 bridgehead atoms. The fraction of sp³-hybridized carbons (Fsp3) is 0.741. The van der Waals surface area contributed by atoms with E-state index in [0.717, 1.165) is 48.4 Å². The third kappa shape index (κ3) is 70.6. The van der Waals surface area contributed by atoms with Crippen LogP contribution in [0.4, 0.5) is 22.7 Å². The molecule has 4 nitrogen and oxygen atoms in total. The summed E-state index contributed by atoms with van der Waals surface area (Å²) in [6.45, 7) is 18.3. The Morgan fingerprint density at radius 2 is 0.298 bits per heavy atom. The Morgan fingerprint density at radius 1 is 0.182 bits per heavy atom. The van der Waals surface area contributed by atoms with Gasteiger partial charge in [-0.25, -0.2) is 0 Å². The molecule has 0 atom stereocenters. The van der Waals surface area contributed by atoms with Crippen molar-refractivity contribution >= 4 is 139 Å². The van der Waals surface area contributed by atoms with Crippen LogP contribution in [0.3, 0.4) is 0 Å². The quantitative estimate of drug-likeness (QED) is 0.0147. The molecule has 4 rings (SSSR count). The summed E-state index contributed by atoms with van der Waals surface area (Å²) in [6.07, 6.45) is 96.7. The summed E-state index contributed by atoms with van der Waals surface area (Å²) in [5.74, 6) is 0. The average Bonchev–Trinajstić information content (AvgIpc) is 0.865. The van der Waals surface area contributed by atoms with Gasteiger partial charge in [0.1, 0.15) is 0 Å². The number of nitrogens with one attached hydrogen (secondary N) is 4. The Bertz CT molecular complexity index is 2630. The van der Waals surface area contributed by atoms with E-state index in [1.54, 1.807) is 0 Å². The molecule has 690 valence electrons.